The van der Waals surface area contributed by atoms with Crippen molar-refractivity contribution in [3.8, 4) is 17.2 Å². The van der Waals surface area contributed by atoms with E-state index >= 15 is 0 Å². The van der Waals surface area contributed by atoms with Gasteiger partial charge in [0.2, 0.25) is 0 Å². The largest absolute Gasteiger partial charge is 0.493 e. The van der Waals surface area contributed by atoms with Gasteiger partial charge in [0, 0.05) is 10.0 Å². The quantitative estimate of drug-likeness (QED) is 0.344. The molecule has 0 unspecified atom stereocenters. The molecule has 0 aliphatic heterocycles. The minimum absolute atomic E-state index is 0.0435. The predicted molar refractivity (Wildman–Crippen MR) is 92.8 cm³/mol. The Labute approximate surface area is 152 Å². The first-order valence-corrected chi connectivity index (χ1v) is 8.04. The van der Waals surface area contributed by atoms with Gasteiger partial charge in [0.25, 0.3) is 0 Å². The number of halogens is 3. The van der Waals surface area contributed by atoms with E-state index in [0.29, 0.717) is 12.2 Å². The summed E-state index contributed by atoms with van der Waals surface area (Å²) in [7, 11) is 1.37. The van der Waals surface area contributed by atoms with Crippen LogP contribution < -0.4 is 14.2 Å². The Bertz CT molecular complexity index is 713. The number of oxime groups is 1. The SMILES string of the molecule is COc1cc(/C=N/OCCOc2cccc(Br)c2)ccc1OC(F)F. The highest BCUT2D eigenvalue weighted by atomic mass is 79.9. The molecule has 0 radical (unpaired) electrons. The van der Waals surface area contributed by atoms with Gasteiger partial charge in [-0.3, -0.25) is 0 Å². The van der Waals surface area contributed by atoms with Crippen molar-refractivity contribution in [2.24, 2.45) is 5.16 Å². The van der Waals surface area contributed by atoms with Crippen LogP contribution in [0.5, 0.6) is 17.2 Å². The molecule has 0 N–H and O–H groups in total. The lowest BCUT2D eigenvalue weighted by Crippen LogP contribution is -2.04. The summed E-state index contributed by atoms with van der Waals surface area (Å²) in [6.45, 7) is -2.33. The summed E-state index contributed by atoms with van der Waals surface area (Å²) in [5.74, 6) is 0.863. The monoisotopic (exact) mass is 415 g/mol. The summed E-state index contributed by atoms with van der Waals surface area (Å²) in [5.41, 5.74) is 0.617. The maximum atomic E-state index is 12.3. The number of nitrogens with zero attached hydrogens (tertiary/aromatic N) is 1. The molecule has 5 nitrogen and oxygen atoms in total. The number of rotatable bonds is 9. The first kappa shape index (κ1) is 19.0. The molecule has 0 aromatic heterocycles. The lowest BCUT2D eigenvalue weighted by molar-refractivity contribution is -0.0512. The van der Waals surface area contributed by atoms with Crippen LogP contribution in [0.4, 0.5) is 8.78 Å². The number of alkyl halides is 2. The van der Waals surface area contributed by atoms with Gasteiger partial charge in [-0.1, -0.05) is 27.2 Å². The maximum Gasteiger partial charge on any atom is 0.387 e. The predicted octanol–water partition coefficient (Wildman–Crippen LogP) is 4.49. The maximum absolute atomic E-state index is 12.3. The van der Waals surface area contributed by atoms with E-state index in [0.717, 1.165) is 10.2 Å². The minimum Gasteiger partial charge on any atom is -0.493 e. The Balaban J connectivity index is 1.79. The van der Waals surface area contributed by atoms with Crippen molar-refractivity contribution in [2.45, 2.75) is 6.61 Å². The van der Waals surface area contributed by atoms with Crippen LogP contribution in [0.1, 0.15) is 5.56 Å². The van der Waals surface area contributed by atoms with E-state index in [2.05, 4.69) is 25.8 Å². The third-order valence-electron chi connectivity index (χ3n) is 2.92. The fourth-order valence-corrected chi connectivity index (χ4v) is 2.24. The van der Waals surface area contributed by atoms with E-state index in [4.69, 9.17) is 14.3 Å². The highest BCUT2D eigenvalue weighted by molar-refractivity contribution is 9.10. The Morgan fingerprint density at radius 3 is 2.68 bits per heavy atom. The zero-order valence-electron chi connectivity index (χ0n) is 13.3. The van der Waals surface area contributed by atoms with E-state index < -0.39 is 6.61 Å². The van der Waals surface area contributed by atoms with Gasteiger partial charge in [0.05, 0.1) is 13.3 Å². The fourth-order valence-electron chi connectivity index (χ4n) is 1.86. The second-order valence-electron chi connectivity index (χ2n) is 4.66. The normalized spacial score (nSPS) is 10.9. The molecule has 0 spiro atoms. The van der Waals surface area contributed by atoms with Crippen molar-refractivity contribution in [3.63, 3.8) is 0 Å². The number of methoxy groups -OCH3 is 1. The summed E-state index contributed by atoms with van der Waals surface area (Å²) in [4.78, 5) is 5.10. The van der Waals surface area contributed by atoms with Gasteiger partial charge in [-0.2, -0.15) is 8.78 Å². The molecule has 0 heterocycles. The van der Waals surface area contributed by atoms with Crippen LogP contribution in [0, 0.1) is 0 Å². The zero-order chi connectivity index (χ0) is 18.1. The van der Waals surface area contributed by atoms with E-state index in [1.165, 1.54) is 25.5 Å². The van der Waals surface area contributed by atoms with Crippen LogP contribution in [0.15, 0.2) is 52.1 Å². The van der Waals surface area contributed by atoms with Crippen molar-refractivity contribution in [3.05, 3.63) is 52.5 Å². The third kappa shape index (κ3) is 6.58. The summed E-state index contributed by atoms with van der Waals surface area (Å²) in [5, 5.41) is 3.80. The molecule has 25 heavy (non-hydrogen) atoms. The van der Waals surface area contributed by atoms with Gasteiger partial charge in [-0.05, 0) is 36.4 Å². The minimum atomic E-state index is -2.91. The number of benzene rings is 2. The van der Waals surface area contributed by atoms with E-state index in [-0.39, 0.29) is 18.1 Å². The molecular weight excluding hydrogens is 400 g/mol. The highest BCUT2D eigenvalue weighted by Crippen LogP contribution is 2.28. The van der Waals surface area contributed by atoms with Crippen molar-refractivity contribution in [1.82, 2.24) is 0 Å². The van der Waals surface area contributed by atoms with Gasteiger partial charge < -0.3 is 19.0 Å². The summed E-state index contributed by atoms with van der Waals surface area (Å²) in [6, 6.07) is 11.9. The molecule has 134 valence electrons. The molecule has 0 amide bonds. The Kier molecular flexibility index (Phi) is 7.46. The van der Waals surface area contributed by atoms with Gasteiger partial charge in [-0.15, -0.1) is 0 Å². The van der Waals surface area contributed by atoms with Crippen LogP contribution >= 0.6 is 15.9 Å². The Morgan fingerprint density at radius 2 is 1.96 bits per heavy atom. The summed E-state index contributed by atoms with van der Waals surface area (Å²) >= 11 is 3.36. The lowest BCUT2D eigenvalue weighted by Gasteiger charge is -2.09. The molecule has 0 bridgehead atoms. The molecule has 0 saturated heterocycles. The molecular formula is C17H16BrF2NO4. The molecule has 0 atom stereocenters. The summed E-state index contributed by atoms with van der Waals surface area (Å²) in [6.07, 6.45) is 1.44. The average molecular weight is 416 g/mol. The number of ether oxygens (including phenoxy) is 3. The van der Waals surface area contributed by atoms with Crippen molar-refractivity contribution >= 4 is 22.1 Å². The molecule has 0 aliphatic rings. The molecule has 2 aromatic carbocycles. The number of hydrogen-bond acceptors (Lipinski definition) is 5. The van der Waals surface area contributed by atoms with Gasteiger partial charge in [0.15, 0.2) is 18.1 Å². The smallest absolute Gasteiger partial charge is 0.387 e. The van der Waals surface area contributed by atoms with Crippen molar-refractivity contribution in [2.75, 3.05) is 20.3 Å². The van der Waals surface area contributed by atoms with E-state index in [1.54, 1.807) is 6.07 Å². The van der Waals surface area contributed by atoms with Crippen molar-refractivity contribution < 1.29 is 27.8 Å². The molecule has 8 heteroatoms. The van der Waals surface area contributed by atoms with E-state index in [9.17, 15) is 8.78 Å². The summed E-state index contributed by atoms with van der Waals surface area (Å²) < 4.78 is 40.3. The standard InChI is InChI=1S/C17H16BrF2NO4/c1-22-16-9-12(5-6-15(16)25-17(19)20)11-21-24-8-7-23-14-4-2-3-13(18)10-14/h2-6,9-11,17H,7-8H2,1H3/b21-11+. The molecule has 2 rings (SSSR count). The third-order valence-corrected chi connectivity index (χ3v) is 3.41. The first-order chi connectivity index (χ1) is 12.1. The van der Waals surface area contributed by atoms with Crippen LogP contribution in [0.3, 0.4) is 0 Å². The van der Waals surface area contributed by atoms with Crippen LogP contribution in [-0.4, -0.2) is 33.1 Å². The van der Waals surface area contributed by atoms with Crippen LogP contribution in [0.2, 0.25) is 0 Å². The van der Waals surface area contributed by atoms with Crippen molar-refractivity contribution in [1.29, 1.82) is 0 Å². The second kappa shape index (κ2) is 9.83. The Hall–Kier alpha value is -2.35. The molecule has 0 fully saturated rings. The molecule has 0 saturated carbocycles. The fraction of sp³-hybridized carbons (Fsp3) is 0.235. The zero-order valence-corrected chi connectivity index (χ0v) is 14.9. The van der Waals surface area contributed by atoms with E-state index in [1.807, 2.05) is 24.3 Å². The first-order valence-electron chi connectivity index (χ1n) is 7.25. The second-order valence-corrected chi connectivity index (χ2v) is 5.58. The lowest BCUT2D eigenvalue weighted by atomic mass is 10.2. The highest BCUT2D eigenvalue weighted by Gasteiger charge is 2.10. The Morgan fingerprint density at radius 1 is 1.12 bits per heavy atom. The van der Waals surface area contributed by atoms with Crippen LogP contribution in [0.25, 0.3) is 0 Å². The van der Waals surface area contributed by atoms with Gasteiger partial charge in [0.1, 0.15) is 12.4 Å². The molecule has 0 aliphatic carbocycles. The van der Waals surface area contributed by atoms with Crippen LogP contribution in [-0.2, 0) is 4.84 Å². The topological polar surface area (TPSA) is 49.3 Å². The van der Waals surface area contributed by atoms with Gasteiger partial charge in [-0.25, -0.2) is 0 Å². The average Bonchev–Trinajstić information content (AvgIpc) is 2.58. The number of hydrogen-bond donors (Lipinski definition) is 0. The van der Waals surface area contributed by atoms with Gasteiger partial charge >= 0.3 is 6.61 Å². The molecule has 2 aromatic rings.